The van der Waals surface area contributed by atoms with E-state index >= 15 is 0 Å². The van der Waals surface area contributed by atoms with Crippen molar-refractivity contribution in [1.29, 1.82) is 0 Å². The maximum Gasteiger partial charge on any atom is 0.105 e. The first-order valence-electron chi connectivity index (χ1n) is 17.6. The molecule has 0 saturated carbocycles. The highest BCUT2D eigenvalue weighted by molar-refractivity contribution is 5.17. The molecule has 0 saturated heterocycles. The van der Waals surface area contributed by atoms with Crippen LogP contribution in [0.1, 0.15) is 167 Å². The van der Waals surface area contributed by atoms with E-state index in [1.165, 1.54) is 166 Å². The lowest BCUT2D eigenvalue weighted by molar-refractivity contribution is 0.148. The van der Waals surface area contributed by atoms with E-state index in [0.29, 0.717) is 6.17 Å². The van der Waals surface area contributed by atoms with Crippen LogP contribution in [-0.2, 0) is 6.42 Å². The molecular weight excluding hydrogens is 472 g/mol. The molecule has 2 nitrogen and oxygen atoms in total. The molecule has 1 heterocycles. The summed E-state index contributed by atoms with van der Waals surface area (Å²) in [6.45, 7) is 7.03. The summed E-state index contributed by atoms with van der Waals surface area (Å²) in [5.41, 5.74) is 1.47. The number of unbranched alkanes of at least 4 members (excludes halogenated alkanes) is 21. The zero-order valence-corrected chi connectivity index (χ0v) is 26.4. The van der Waals surface area contributed by atoms with Crippen molar-refractivity contribution in [1.82, 2.24) is 9.80 Å². The SMILES string of the molecule is CCCCCCCCCCCCCCN1C=CN(CCCCCCCCCCCCC)C1Cc1ccccc1. The lowest BCUT2D eigenvalue weighted by Gasteiger charge is -2.33. The van der Waals surface area contributed by atoms with E-state index in [-0.39, 0.29) is 0 Å². The predicted octanol–water partition coefficient (Wildman–Crippen LogP) is 11.7. The lowest BCUT2D eigenvalue weighted by Crippen LogP contribution is -2.41. The van der Waals surface area contributed by atoms with Gasteiger partial charge in [0.1, 0.15) is 6.17 Å². The molecule has 0 bridgehead atoms. The van der Waals surface area contributed by atoms with Crippen LogP contribution in [-0.4, -0.2) is 29.1 Å². The van der Waals surface area contributed by atoms with Gasteiger partial charge in [-0.2, -0.15) is 0 Å². The van der Waals surface area contributed by atoms with Crippen molar-refractivity contribution in [3.05, 3.63) is 48.3 Å². The minimum atomic E-state index is 0.503. The van der Waals surface area contributed by atoms with Crippen LogP contribution in [0, 0.1) is 0 Å². The van der Waals surface area contributed by atoms with Crippen molar-refractivity contribution in [2.24, 2.45) is 0 Å². The number of hydrogen-bond donors (Lipinski definition) is 0. The first-order chi connectivity index (χ1) is 19.3. The summed E-state index contributed by atoms with van der Waals surface area (Å²) < 4.78 is 0. The Balaban J connectivity index is 1.58. The van der Waals surface area contributed by atoms with Gasteiger partial charge in [0.25, 0.3) is 0 Å². The molecule has 0 spiro atoms. The third-order valence-corrected chi connectivity index (χ3v) is 8.77. The van der Waals surface area contributed by atoms with Crippen LogP contribution in [0.4, 0.5) is 0 Å². The van der Waals surface area contributed by atoms with Gasteiger partial charge in [0, 0.05) is 31.9 Å². The van der Waals surface area contributed by atoms with Gasteiger partial charge in [-0.15, -0.1) is 0 Å². The Morgan fingerprint density at radius 3 is 1.13 bits per heavy atom. The highest BCUT2D eigenvalue weighted by Crippen LogP contribution is 2.23. The second kappa shape index (κ2) is 24.4. The van der Waals surface area contributed by atoms with E-state index in [1.54, 1.807) is 0 Å². The van der Waals surface area contributed by atoms with Gasteiger partial charge in [0.05, 0.1) is 0 Å². The van der Waals surface area contributed by atoms with Crippen molar-refractivity contribution in [2.75, 3.05) is 13.1 Å². The largest absolute Gasteiger partial charge is 0.356 e. The van der Waals surface area contributed by atoms with Gasteiger partial charge in [-0.25, -0.2) is 0 Å². The number of nitrogens with zero attached hydrogens (tertiary/aromatic N) is 2. The van der Waals surface area contributed by atoms with Crippen LogP contribution in [0.15, 0.2) is 42.7 Å². The highest BCUT2D eigenvalue weighted by Gasteiger charge is 2.25. The summed E-state index contributed by atoms with van der Waals surface area (Å²) in [5.74, 6) is 0. The second-order valence-electron chi connectivity index (χ2n) is 12.4. The van der Waals surface area contributed by atoms with Gasteiger partial charge in [0.2, 0.25) is 0 Å². The van der Waals surface area contributed by atoms with Crippen LogP contribution in [0.5, 0.6) is 0 Å². The topological polar surface area (TPSA) is 6.48 Å². The van der Waals surface area contributed by atoms with E-state index in [1.807, 2.05) is 0 Å². The molecule has 1 aliphatic heterocycles. The molecule has 224 valence electrons. The first kappa shape index (κ1) is 33.8. The fourth-order valence-electron chi connectivity index (χ4n) is 6.16. The van der Waals surface area contributed by atoms with Crippen molar-refractivity contribution >= 4 is 0 Å². The van der Waals surface area contributed by atoms with Gasteiger partial charge < -0.3 is 9.80 Å². The monoisotopic (exact) mass is 539 g/mol. The summed E-state index contributed by atoms with van der Waals surface area (Å²) in [7, 11) is 0. The smallest absolute Gasteiger partial charge is 0.105 e. The number of rotatable bonds is 27. The predicted molar refractivity (Wildman–Crippen MR) is 174 cm³/mol. The van der Waals surface area contributed by atoms with Gasteiger partial charge >= 0.3 is 0 Å². The van der Waals surface area contributed by atoms with Crippen molar-refractivity contribution in [3.8, 4) is 0 Å². The average Bonchev–Trinajstić information content (AvgIpc) is 3.33. The number of hydrogen-bond acceptors (Lipinski definition) is 2. The van der Waals surface area contributed by atoms with E-state index in [0.717, 1.165) is 6.42 Å². The molecule has 1 unspecified atom stereocenters. The second-order valence-corrected chi connectivity index (χ2v) is 12.4. The maximum atomic E-state index is 2.64. The van der Waals surface area contributed by atoms with Crippen molar-refractivity contribution in [2.45, 2.75) is 174 Å². The molecule has 1 aromatic carbocycles. The summed E-state index contributed by atoms with van der Waals surface area (Å²) in [6, 6.07) is 11.1. The Morgan fingerprint density at radius 2 is 0.769 bits per heavy atom. The Kier molecular flexibility index (Phi) is 21.1. The average molecular weight is 539 g/mol. The van der Waals surface area contributed by atoms with E-state index in [4.69, 9.17) is 0 Å². The van der Waals surface area contributed by atoms with Crippen LogP contribution in [0.3, 0.4) is 0 Å². The Hall–Kier alpha value is -1.44. The highest BCUT2D eigenvalue weighted by atomic mass is 15.4. The van der Waals surface area contributed by atoms with Gasteiger partial charge in [0.15, 0.2) is 0 Å². The lowest BCUT2D eigenvalue weighted by atomic mass is 10.0. The molecule has 1 atom stereocenters. The fourth-order valence-corrected chi connectivity index (χ4v) is 6.16. The molecule has 0 aliphatic carbocycles. The molecule has 0 aromatic heterocycles. The van der Waals surface area contributed by atoms with E-state index < -0.39 is 0 Å². The molecule has 0 amide bonds. The number of benzene rings is 1. The molecule has 39 heavy (non-hydrogen) atoms. The standard InChI is InChI=1S/C37H66N2/c1-3-5-7-9-11-13-15-17-19-21-23-28-32-39-34-33-38(37(39)35-36-29-25-24-26-30-36)31-27-22-20-18-16-14-12-10-8-6-4-2/h24-26,29-30,33-34,37H,3-23,27-28,31-32,35H2,1-2H3. The fraction of sp³-hybridized carbons (Fsp3) is 0.784. The van der Waals surface area contributed by atoms with Crippen LogP contribution < -0.4 is 0 Å². The van der Waals surface area contributed by atoms with Crippen LogP contribution in [0.25, 0.3) is 0 Å². The van der Waals surface area contributed by atoms with E-state index in [2.05, 4.69) is 66.4 Å². The molecule has 2 heteroatoms. The van der Waals surface area contributed by atoms with Crippen LogP contribution >= 0.6 is 0 Å². The van der Waals surface area contributed by atoms with Gasteiger partial charge in [-0.1, -0.05) is 179 Å². The molecule has 0 radical (unpaired) electrons. The van der Waals surface area contributed by atoms with Crippen molar-refractivity contribution in [3.63, 3.8) is 0 Å². The summed E-state index contributed by atoms with van der Waals surface area (Å²) >= 11 is 0. The molecule has 0 fully saturated rings. The molecule has 1 aliphatic rings. The molecule has 0 N–H and O–H groups in total. The Labute approximate surface area is 245 Å². The van der Waals surface area contributed by atoms with Crippen molar-refractivity contribution < 1.29 is 0 Å². The Bertz CT molecular complexity index is 669. The maximum absolute atomic E-state index is 2.64. The third kappa shape index (κ3) is 17.1. The van der Waals surface area contributed by atoms with Gasteiger partial charge in [-0.3, -0.25) is 0 Å². The molecule has 1 aromatic rings. The van der Waals surface area contributed by atoms with E-state index in [9.17, 15) is 0 Å². The third-order valence-electron chi connectivity index (χ3n) is 8.77. The molecular formula is C37H66N2. The minimum Gasteiger partial charge on any atom is -0.356 e. The molecule has 2 rings (SSSR count). The first-order valence-corrected chi connectivity index (χ1v) is 17.6. The summed E-state index contributed by atoms with van der Waals surface area (Å²) in [6.07, 6.45) is 39.1. The summed E-state index contributed by atoms with van der Waals surface area (Å²) in [4.78, 5) is 5.28. The van der Waals surface area contributed by atoms with Crippen LogP contribution in [0.2, 0.25) is 0 Å². The quantitative estimate of drug-likeness (QED) is 0.103. The Morgan fingerprint density at radius 1 is 0.436 bits per heavy atom. The summed E-state index contributed by atoms with van der Waals surface area (Å²) in [5, 5.41) is 0. The minimum absolute atomic E-state index is 0.503. The zero-order valence-electron chi connectivity index (χ0n) is 26.4. The zero-order chi connectivity index (χ0) is 27.6. The normalized spacial score (nSPS) is 15.1. The van der Waals surface area contributed by atoms with Gasteiger partial charge in [-0.05, 0) is 18.4 Å².